The van der Waals surface area contributed by atoms with Crippen molar-refractivity contribution in [3.63, 3.8) is 0 Å². The zero-order valence-electron chi connectivity index (χ0n) is 14.1. The van der Waals surface area contributed by atoms with Crippen LogP contribution in [-0.4, -0.2) is 25.6 Å². The van der Waals surface area contributed by atoms with E-state index in [1.165, 1.54) is 0 Å². The van der Waals surface area contributed by atoms with Crippen molar-refractivity contribution < 1.29 is 9.21 Å². The summed E-state index contributed by atoms with van der Waals surface area (Å²) in [6, 6.07) is 3.15. The lowest BCUT2D eigenvalue weighted by atomic mass is 9.94. The number of amides is 2. The van der Waals surface area contributed by atoms with Crippen LogP contribution in [0.5, 0.6) is 0 Å². The van der Waals surface area contributed by atoms with Crippen LogP contribution >= 0.6 is 0 Å². The molecule has 3 aromatic heterocycles. The van der Waals surface area contributed by atoms with E-state index in [0.717, 1.165) is 11.5 Å². The first kappa shape index (κ1) is 16.0. The van der Waals surface area contributed by atoms with E-state index < -0.39 is 0 Å². The maximum absolute atomic E-state index is 12.1. The molecule has 8 nitrogen and oxygen atoms in total. The van der Waals surface area contributed by atoms with Crippen LogP contribution in [0.25, 0.3) is 5.65 Å². The van der Waals surface area contributed by atoms with E-state index in [4.69, 9.17) is 4.42 Å². The van der Waals surface area contributed by atoms with Gasteiger partial charge >= 0.3 is 6.03 Å². The first-order chi connectivity index (χ1) is 11.3. The second-order valence-electron chi connectivity index (χ2n) is 6.56. The smallest absolute Gasteiger partial charge is 0.320 e. The third-order valence-corrected chi connectivity index (χ3v) is 3.41. The number of nitrogens with zero attached hydrogens (tertiary/aromatic N) is 4. The van der Waals surface area contributed by atoms with Crippen LogP contribution in [0.1, 0.15) is 38.1 Å². The van der Waals surface area contributed by atoms with Crippen LogP contribution in [0.15, 0.2) is 28.9 Å². The molecule has 0 fully saturated rings. The molecule has 0 aliphatic carbocycles. The molecule has 0 aromatic carbocycles. The molecular formula is C16H20N6O2. The predicted octanol–water partition coefficient (Wildman–Crippen LogP) is 2.64. The first-order valence-electron chi connectivity index (χ1n) is 7.64. The van der Waals surface area contributed by atoms with Crippen molar-refractivity contribution in [2.24, 2.45) is 0 Å². The molecule has 3 heterocycles. The summed E-state index contributed by atoms with van der Waals surface area (Å²) in [5.74, 6) is 1.78. The monoisotopic (exact) mass is 328 g/mol. The standard InChI is InChI=1S/C16H20N6O2/c1-10-7-13-17-6-5-12(22(13)21-10)20-15(23)19-9-14-18-8-11(24-14)16(2,3)4/h5-8H,9H2,1-4H3,(H2,19,20,23). The molecule has 0 aliphatic heterocycles. The second kappa shape index (κ2) is 5.95. The Morgan fingerprint density at radius 2 is 2.12 bits per heavy atom. The van der Waals surface area contributed by atoms with Gasteiger partial charge in [-0.15, -0.1) is 0 Å². The van der Waals surface area contributed by atoms with Crippen molar-refractivity contribution in [2.75, 3.05) is 5.32 Å². The average molecular weight is 328 g/mol. The summed E-state index contributed by atoms with van der Waals surface area (Å²) in [7, 11) is 0. The Bertz CT molecular complexity index is 874. The number of nitrogens with one attached hydrogen (secondary N) is 2. The maximum atomic E-state index is 12.1. The van der Waals surface area contributed by atoms with Gasteiger partial charge in [-0.2, -0.15) is 9.61 Å². The fourth-order valence-electron chi connectivity index (χ4n) is 2.16. The van der Waals surface area contributed by atoms with Gasteiger partial charge in [0.25, 0.3) is 0 Å². The number of aromatic nitrogens is 4. The SMILES string of the molecule is Cc1cc2nccc(NC(=O)NCc3ncc(C(C)(C)C)o3)n2n1. The number of hydrogen-bond donors (Lipinski definition) is 2. The van der Waals surface area contributed by atoms with Gasteiger partial charge in [0.15, 0.2) is 5.65 Å². The van der Waals surface area contributed by atoms with Crippen molar-refractivity contribution in [1.29, 1.82) is 0 Å². The van der Waals surface area contributed by atoms with Gasteiger partial charge in [-0.25, -0.2) is 14.8 Å². The summed E-state index contributed by atoms with van der Waals surface area (Å²) in [6.07, 6.45) is 3.31. The highest BCUT2D eigenvalue weighted by molar-refractivity contribution is 5.88. The number of aryl methyl sites for hydroxylation is 1. The molecule has 0 atom stereocenters. The van der Waals surface area contributed by atoms with Crippen molar-refractivity contribution in [1.82, 2.24) is 24.9 Å². The highest BCUT2D eigenvalue weighted by Crippen LogP contribution is 2.22. The highest BCUT2D eigenvalue weighted by Gasteiger charge is 2.19. The van der Waals surface area contributed by atoms with Crippen LogP contribution in [0.4, 0.5) is 10.6 Å². The van der Waals surface area contributed by atoms with E-state index in [-0.39, 0.29) is 18.0 Å². The van der Waals surface area contributed by atoms with Gasteiger partial charge in [0.2, 0.25) is 5.89 Å². The predicted molar refractivity (Wildman–Crippen MR) is 88.8 cm³/mol. The Hall–Kier alpha value is -2.90. The van der Waals surface area contributed by atoms with E-state index in [9.17, 15) is 4.79 Å². The lowest BCUT2D eigenvalue weighted by Crippen LogP contribution is -2.29. The zero-order valence-corrected chi connectivity index (χ0v) is 14.1. The molecule has 126 valence electrons. The van der Waals surface area contributed by atoms with E-state index in [1.54, 1.807) is 23.0 Å². The first-order valence-corrected chi connectivity index (χ1v) is 7.64. The fraction of sp³-hybridized carbons (Fsp3) is 0.375. The average Bonchev–Trinajstić information content (AvgIpc) is 3.10. The Balaban J connectivity index is 1.64. The number of hydrogen-bond acceptors (Lipinski definition) is 5. The number of fused-ring (bicyclic) bond motifs is 1. The van der Waals surface area contributed by atoms with E-state index >= 15 is 0 Å². The minimum absolute atomic E-state index is 0.117. The van der Waals surface area contributed by atoms with Gasteiger partial charge in [-0.1, -0.05) is 20.8 Å². The molecule has 0 saturated heterocycles. The van der Waals surface area contributed by atoms with Crippen molar-refractivity contribution in [3.8, 4) is 0 Å². The van der Waals surface area contributed by atoms with Gasteiger partial charge in [-0.05, 0) is 13.0 Å². The summed E-state index contributed by atoms with van der Waals surface area (Å²) in [4.78, 5) is 20.5. The maximum Gasteiger partial charge on any atom is 0.320 e. The Morgan fingerprint density at radius 1 is 1.33 bits per heavy atom. The molecule has 3 aromatic rings. The summed E-state index contributed by atoms with van der Waals surface area (Å²) < 4.78 is 7.22. The molecule has 3 rings (SSSR count). The Kier molecular flexibility index (Phi) is 3.96. The summed E-state index contributed by atoms with van der Waals surface area (Å²) >= 11 is 0. The van der Waals surface area contributed by atoms with Crippen LogP contribution in [0, 0.1) is 6.92 Å². The van der Waals surface area contributed by atoms with Gasteiger partial charge < -0.3 is 9.73 Å². The number of urea groups is 1. The van der Waals surface area contributed by atoms with Crippen LogP contribution in [0.3, 0.4) is 0 Å². The Morgan fingerprint density at radius 3 is 2.83 bits per heavy atom. The van der Waals surface area contributed by atoms with Gasteiger partial charge in [0.1, 0.15) is 11.6 Å². The molecule has 0 spiro atoms. The largest absolute Gasteiger partial charge is 0.443 e. The number of carbonyl (C=O) groups excluding carboxylic acids is 1. The number of rotatable bonds is 3. The van der Waals surface area contributed by atoms with Crippen LogP contribution in [-0.2, 0) is 12.0 Å². The number of carbonyl (C=O) groups is 1. The van der Waals surface area contributed by atoms with Gasteiger partial charge in [0, 0.05) is 17.7 Å². The van der Waals surface area contributed by atoms with Crippen molar-refractivity contribution in [2.45, 2.75) is 39.7 Å². The minimum Gasteiger partial charge on any atom is -0.443 e. The number of oxazole rings is 1. The number of anilines is 1. The van der Waals surface area contributed by atoms with Gasteiger partial charge in [-0.3, -0.25) is 5.32 Å². The molecule has 0 radical (unpaired) electrons. The van der Waals surface area contributed by atoms with E-state index in [1.807, 2.05) is 33.8 Å². The lowest BCUT2D eigenvalue weighted by Gasteiger charge is -2.13. The Labute approximate surface area is 139 Å². The van der Waals surface area contributed by atoms with Gasteiger partial charge in [0.05, 0.1) is 18.4 Å². The molecular weight excluding hydrogens is 308 g/mol. The normalized spacial score (nSPS) is 11.7. The lowest BCUT2D eigenvalue weighted by molar-refractivity contribution is 0.250. The molecule has 0 unspecified atom stereocenters. The summed E-state index contributed by atoms with van der Waals surface area (Å²) in [5, 5.41) is 9.76. The molecule has 24 heavy (non-hydrogen) atoms. The third-order valence-electron chi connectivity index (χ3n) is 3.41. The van der Waals surface area contributed by atoms with E-state index in [0.29, 0.717) is 17.4 Å². The topological polar surface area (TPSA) is 97.3 Å². The molecule has 8 heteroatoms. The van der Waals surface area contributed by atoms with Crippen molar-refractivity contribution >= 4 is 17.5 Å². The molecule has 2 N–H and O–H groups in total. The van der Waals surface area contributed by atoms with Crippen LogP contribution < -0.4 is 10.6 Å². The molecule has 0 saturated carbocycles. The molecule has 0 bridgehead atoms. The molecule has 2 amide bonds. The quantitative estimate of drug-likeness (QED) is 0.770. The van der Waals surface area contributed by atoms with Crippen molar-refractivity contribution in [3.05, 3.63) is 41.9 Å². The third kappa shape index (κ3) is 3.37. The summed E-state index contributed by atoms with van der Waals surface area (Å²) in [5.41, 5.74) is 1.38. The van der Waals surface area contributed by atoms with E-state index in [2.05, 4.69) is 25.7 Å². The second-order valence-corrected chi connectivity index (χ2v) is 6.56. The van der Waals surface area contributed by atoms with Crippen LogP contribution in [0.2, 0.25) is 0 Å². The summed E-state index contributed by atoms with van der Waals surface area (Å²) in [6.45, 7) is 8.19. The fourth-order valence-corrected chi connectivity index (χ4v) is 2.16. The molecule has 0 aliphatic rings. The minimum atomic E-state index is -0.369. The highest BCUT2D eigenvalue weighted by atomic mass is 16.4. The zero-order chi connectivity index (χ0) is 17.3.